The fourth-order valence-electron chi connectivity index (χ4n) is 1.91. The minimum Gasteiger partial charge on any atom is -0.354 e. The minimum absolute atomic E-state index is 0. The Labute approximate surface area is 112 Å². The van der Waals surface area contributed by atoms with Crippen LogP contribution in [0.3, 0.4) is 0 Å². The molecule has 2 rings (SSSR count). The van der Waals surface area contributed by atoms with E-state index in [4.69, 9.17) is 0 Å². The van der Waals surface area contributed by atoms with Crippen molar-refractivity contribution in [2.75, 3.05) is 30.3 Å². The molecule has 94 valence electrons. The Morgan fingerprint density at radius 3 is 2.94 bits per heavy atom. The first-order valence-electron chi connectivity index (χ1n) is 5.57. The second kappa shape index (κ2) is 7.69. The van der Waals surface area contributed by atoms with E-state index in [1.54, 1.807) is 11.8 Å². The summed E-state index contributed by atoms with van der Waals surface area (Å²) in [5, 5.41) is 6.63. The first-order valence-corrected chi connectivity index (χ1v) is 7.77. The van der Waals surface area contributed by atoms with Crippen LogP contribution in [0.4, 0.5) is 0 Å². The lowest BCUT2D eigenvalue weighted by atomic mass is 10.2. The fourth-order valence-corrected chi connectivity index (χ4v) is 4.49. The number of rotatable bonds is 3. The monoisotopic (exact) mass is 282 g/mol. The molecule has 2 atom stereocenters. The summed E-state index contributed by atoms with van der Waals surface area (Å²) >= 11 is 3.69. The molecule has 2 aliphatic rings. The van der Waals surface area contributed by atoms with Gasteiger partial charge in [-0.15, -0.1) is 24.2 Å². The van der Waals surface area contributed by atoms with Gasteiger partial charge in [0.25, 0.3) is 0 Å². The standard InChI is InChI=1S/C10H18N2OS2.ClH/c13-10(9-7-14-4-5-15-9)12-6-8-2-1-3-11-8;/h8-9,11H,1-7H2,(H,12,13);1H. The van der Waals surface area contributed by atoms with E-state index in [9.17, 15) is 4.79 Å². The molecule has 0 spiro atoms. The lowest BCUT2D eigenvalue weighted by Gasteiger charge is -2.21. The summed E-state index contributed by atoms with van der Waals surface area (Å²) in [7, 11) is 0. The van der Waals surface area contributed by atoms with Crippen LogP contribution in [-0.4, -0.2) is 47.5 Å². The molecule has 6 heteroatoms. The van der Waals surface area contributed by atoms with Gasteiger partial charge in [0.15, 0.2) is 0 Å². The smallest absolute Gasteiger partial charge is 0.234 e. The van der Waals surface area contributed by atoms with Crippen LogP contribution in [0.1, 0.15) is 12.8 Å². The van der Waals surface area contributed by atoms with E-state index >= 15 is 0 Å². The second-order valence-electron chi connectivity index (χ2n) is 3.97. The minimum atomic E-state index is 0. The molecule has 2 N–H and O–H groups in total. The van der Waals surface area contributed by atoms with Crippen LogP contribution in [0.25, 0.3) is 0 Å². The number of hydrogen-bond acceptors (Lipinski definition) is 4. The molecule has 1 amide bonds. The van der Waals surface area contributed by atoms with Gasteiger partial charge in [-0.2, -0.15) is 11.8 Å². The summed E-state index contributed by atoms with van der Waals surface area (Å²) in [4.78, 5) is 11.8. The Hall–Kier alpha value is 0.420. The molecule has 0 radical (unpaired) electrons. The number of thioether (sulfide) groups is 2. The average molecular weight is 283 g/mol. The molecule has 2 aliphatic heterocycles. The van der Waals surface area contributed by atoms with Gasteiger partial charge in [-0.1, -0.05) is 0 Å². The highest BCUT2D eigenvalue weighted by Crippen LogP contribution is 2.23. The lowest BCUT2D eigenvalue weighted by molar-refractivity contribution is -0.120. The molecule has 2 saturated heterocycles. The van der Waals surface area contributed by atoms with Gasteiger partial charge in [0, 0.05) is 29.8 Å². The van der Waals surface area contributed by atoms with Crippen molar-refractivity contribution in [3.63, 3.8) is 0 Å². The normalized spacial score (nSPS) is 29.5. The van der Waals surface area contributed by atoms with E-state index in [-0.39, 0.29) is 23.6 Å². The van der Waals surface area contributed by atoms with Crippen LogP contribution in [0.2, 0.25) is 0 Å². The Bertz CT molecular complexity index is 219. The van der Waals surface area contributed by atoms with E-state index in [1.165, 1.54) is 18.6 Å². The van der Waals surface area contributed by atoms with Gasteiger partial charge in [-0.05, 0) is 19.4 Å². The van der Waals surface area contributed by atoms with Crippen molar-refractivity contribution in [2.45, 2.75) is 24.1 Å². The topological polar surface area (TPSA) is 41.1 Å². The maximum Gasteiger partial charge on any atom is 0.234 e. The highest BCUT2D eigenvalue weighted by Gasteiger charge is 2.23. The van der Waals surface area contributed by atoms with E-state index < -0.39 is 0 Å². The molecule has 0 aromatic rings. The Morgan fingerprint density at radius 2 is 2.31 bits per heavy atom. The van der Waals surface area contributed by atoms with Crippen LogP contribution in [0.15, 0.2) is 0 Å². The summed E-state index contributed by atoms with van der Waals surface area (Å²) in [6.45, 7) is 1.91. The van der Waals surface area contributed by atoms with Crippen molar-refractivity contribution < 1.29 is 4.79 Å². The maximum atomic E-state index is 11.8. The van der Waals surface area contributed by atoms with E-state index in [0.29, 0.717) is 6.04 Å². The van der Waals surface area contributed by atoms with E-state index in [0.717, 1.165) is 24.6 Å². The largest absolute Gasteiger partial charge is 0.354 e. The number of carbonyl (C=O) groups excluding carboxylic acids is 1. The number of hydrogen-bond donors (Lipinski definition) is 2. The van der Waals surface area contributed by atoms with Crippen molar-refractivity contribution in [3.8, 4) is 0 Å². The zero-order chi connectivity index (χ0) is 10.5. The van der Waals surface area contributed by atoms with Crippen LogP contribution < -0.4 is 10.6 Å². The SMILES string of the molecule is Cl.O=C(NCC1CCCN1)C1CSCCS1. The summed E-state index contributed by atoms with van der Waals surface area (Å²) in [6, 6.07) is 0.509. The predicted molar refractivity (Wildman–Crippen MR) is 74.9 cm³/mol. The van der Waals surface area contributed by atoms with Gasteiger partial charge in [0.05, 0.1) is 5.25 Å². The Kier molecular flexibility index (Phi) is 6.96. The first-order chi connectivity index (χ1) is 7.36. The van der Waals surface area contributed by atoms with Crippen molar-refractivity contribution in [2.24, 2.45) is 0 Å². The molecular weight excluding hydrogens is 264 g/mol. The van der Waals surface area contributed by atoms with Crippen LogP contribution in [0, 0.1) is 0 Å². The van der Waals surface area contributed by atoms with Crippen molar-refractivity contribution in [3.05, 3.63) is 0 Å². The predicted octanol–water partition coefficient (Wildman–Crippen LogP) is 1.12. The van der Waals surface area contributed by atoms with Gasteiger partial charge in [0.1, 0.15) is 0 Å². The molecule has 0 saturated carbocycles. The molecule has 3 nitrogen and oxygen atoms in total. The number of amides is 1. The Morgan fingerprint density at radius 1 is 1.44 bits per heavy atom. The fraction of sp³-hybridized carbons (Fsp3) is 0.900. The van der Waals surface area contributed by atoms with Crippen LogP contribution >= 0.6 is 35.9 Å². The van der Waals surface area contributed by atoms with E-state index in [1.807, 2.05) is 11.8 Å². The first kappa shape index (κ1) is 14.5. The summed E-state index contributed by atoms with van der Waals surface area (Å²) in [5.74, 6) is 3.53. The van der Waals surface area contributed by atoms with Crippen LogP contribution in [0.5, 0.6) is 0 Å². The van der Waals surface area contributed by atoms with Crippen LogP contribution in [-0.2, 0) is 4.79 Å². The molecule has 0 bridgehead atoms. The van der Waals surface area contributed by atoms with Crippen molar-refractivity contribution >= 4 is 41.8 Å². The molecule has 2 unspecified atom stereocenters. The molecule has 0 aliphatic carbocycles. The lowest BCUT2D eigenvalue weighted by Crippen LogP contribution is -2.42. The average Bonchev–Trinajstić information content (AvgIpc) is 2.80. The van der Waals surface area contributed by atoms with Gasteiger partial charge in [-0.3, -0.25) is 4.79 Å². The summed E-state index contributed by atoms with van der Waals surface area (Å²) in [5.41, 5.74) is 0. The Balaban J connectivity index is 0.00000128. The van der Waals surface area contributed by atoms with Gasteiger partial charge in [-0.25, -0.2) is 0 Å². The number of nitrogens with one attached hydrogen (secondary N) is 2. The third-order valence-corrected chi connectivity index (χ3v) is 5.55. The highest BCUT2D eigenvalue weighted by molar-refractivity contribution is 8.07. The molecule has 0 aromatic heterocycles. The zero-order valence-corrected chi connectivity index (χ0v) is 11.7. The van der Waals surface area contributed by atoms with Gasteiger partial charge >= 0.3 is 0 Å². The number of halogens is 1. The zero-order valence-electron chi connectivity index (χ0n) is 9.24. The quantitative estimate of drug-likeness (QED) is 0.814. The molecule has 0 aromatic carbocycles. The maximum absolute atomic E-state index is 11.8. The summed E-state index contributed by atoms with van der Waals surface area (Å²) in [6.07, 6.45) is 2.45. The molecular formula is C10H19ClN2OS2. The summed E-state index contributed by atoms with van der Waals surface area (Å²) < 4.78 is 0. The second-order valence-corrected chi connectivity index (χ2v) is 6.43. The molecule has 2 heterocycles. The molecule has 2 fully saturated rings. The number of carbonyl (C=O) groups is 1. The van der Waals surface area contributed by atoms with E-state index in [2.05, 4.69) is 10.6 Å². The third kappa shape index (κ3) is 4.35. The highest BCUT2D eigenvalue weighted by atomic mass is 35.5. The van der Waals surface area contributed by atoms with Gasteiger partial charge < -0.3 is 10.6 Å². The molecule has 16 heavy (non-hydrogen) atoms. The third-order valence-electron chi connectivity index (χ3n) is 2.79. The van der Waals surface area contributed by atoms with Crippen molar-refractivity contribution in [1.29, 1.82) is 0 Å². The van der Waals surface area contributed by atoms with Crippen molar-refractivity contribution in [1.82, 2.24) is 10.6 Å². The van der Waals surface area contributed by atoms with Gasteiger partial charge in [0.2, 0.25) is 5.91 Å².